The Balaban J connectivity index is 2.49. The first-order valence-electron chi connectivity index (χ1n) is 6.16. The highest BCUT2D eigenvalue weighted by Gasteiger charge is 2.40. The van der Waals surface area contributed by atoms with Gasteiger partial charge in [0, 0.05) is 4.90 Å². The van der Waals surface area contributed by atoms with E-state index in [9.17, 15) is 14.0 Å². The number of amides is 2. The largest absolute Gasteiger partial charge is 0.427 e. The van der Waals surface area contributed by atoms with Crippen molar-refractivity contribution in [3.63, 3.8) is 0 Å². The lowest BCUT2D eigenvalue weighted by Gasteiger charge is -2.13. The van der Waals surface area contributed by atoms with Gasteiger partial charge in [0.15, 0.2) is 5.76 Å². The minimum Gasteiger partial charge on any atom is -0.404 e. The van der Waals surface area contributed by atoms with Crippen molar-refractivity contribution < 1.29 is 18.7 Å². The standard InChI is InChI=1S/C15H11ClFNO3S/c1-4-5-22-12-7-11(10(17)6-9(12)16)18-14(19)13(8(2)3)21-15(18)20/h1,6-7H,5H2,2-3H3. The zero-order valence-corrected chi connectivity index (χ0v) is 13.3. The number of ether oxygens (including phenoxy) is 1. The third-order valence-electron chi connectivity index (χ3n) is 2.78. The number of halogens is 2. The van der Waals surface area contributed by atoms with Crippen molar-refractivity contribution in [1.29, 1.82) is 0 Å². The van der Waals surface area contributed by atoms with E-state index in [2.05, 4.69) is 5.92 Å². The van der Waals surface area contributed by atoms with Crippen molar-refractivity contribution in [3.05, 3.63) is 34.3 Å². The Kier molecular flexibility index (Phi) is 4.79. The van der Waals surface area contributed by atoms with Crippen LogP contribution in [0.3, 0.4) is 0 Å². The fourth-order valence-electron chi connectivity index (χ4n) is 1.80. The molecule has 0 N–H and O–H groups in total. The summed E-state index contributed by atoms with van der Waals surface area (Å²) in [4.78, 5) is 25.2. The fourth-order valence-corrected chi connectivity index (χ4v) is 2.75. The van der Waals surface area contributed by atoms with Gasteiger partial charge < -0.3 is 4.74 Å². The Morgan fingerprint density at radius 3 is 2.68 bits per heavy atom. The van der Waals surface area contributed by atoms with E-state index in [1.165, 1.54) is 17.8 Å². The van der Waals surface area contributed by atoms with E-state index in [0.717, 1.165) is 6.07 Å². The molecule has 0 saturated carbocycles. The van der Waals surface area contributed by atoms with Crippen LogP contribution >= 0.6 is 23.4 Å². The van der Waals surface area contributed by atoms with Gasteiger partial charge in [-0.2, -0.15) is 0 Å². The van der Waals surface area contributed by atoms with E-state index in [1.54, 1.807) is 13.8 Å². The van der Waals surface area contributed by atoms with Crippen LogP contribution in [0.2, 0.25) is 5.02 Å². The average Bonchev–Trinajstić information content (AvgIpc) is 2.74. The first-order valence-corrected chi connectivity index (χ1v) is 7.52. The maximum atomic E-state index is 14.1. The Hall–Kier alpha value is -1.97. The molecule has 2 amide bonds. The number of anilines is 1. The molecule has 1 aromatic carbocycles. The molecular weight excluding hydrogens is 329 g/mol. The van der Waals surface area contributed by atoms with E-state index in [-0.39, 0.29) is 16.5 Å². The smallest absolute Gasteiger partial charge is 0.404 e. The molecule has 0 aromatic heterocycles. The summed E-state index contributed by atoms with van der Waals surface area (Å²) >= 11 is 7.14. The third-order valence-corrected chi connectivity index (χ3v) is 4.16. The zero-order chi connectivity index (χ0) is 16.4. The van der Waals surface area contributed by atoms with Crippen molar-refractivity contribution in [2.24, 2.45) is 0 Å². The molecule has 0 unspecified atom stereocenters. The number of cyclic esters (lactones) is 1. The number of hydrogen-bond acceptors (Lipinski definition) is 4. The summed E-state index contributed by atoms with van der Waals surface area (Å²) in [5.74, 6) is 1.13. The van der Waals surface area contributed by atoms with E-state index in [0.29, 0.717) is 21.1 Å². The zero-order valence-electron chi connectivity index (χ0n) is 11.8. The van der Waals surface area contributed by atoms with Gasteiger partial charge in [-0.1, -0.05) is 17.5 Å². The summed E-state index contributed by atoms with van der Waals surface area (Å²) < 4.78 is 19.0. The van der Waals surface area contributed by atoms with Gasteiger partial charge >= 0.3 is 12.0 Å². The first-order chi connectivity index (χ1) is 10.4. The molecule has 0 radical (unpaired) electrons. The molecule has 1 aliphatic rings. The summed E-state index contributed by atoms with van der Waals surface area (Å²) in [7, 11) is 0. The molecular formula is C15H11ClFNO3S. The molecule has 2 rings (SSSR count). The van der Waals surface area contributed by atoms with Crippen LogP contribution in [0.4, 0.5) is 14.9 Å². The molecule has 114 valence electrons. The summed E-state index contributed by atoms with van der Waals surface area (Å²) in [6.07, 6.45) is 4.23. The molecule has 22 heavy (non-hydrogen) atoms. The Morgan fingerprint density at radius 1 is 1.45 bits per heavy atom. The van der Waals surface area contributed by atoms with E-state index in [4.69, 9.17) is 22.8 Å². The van der Waals surface area contributed by atoms with Crippen molar-refractivity contribution in [2.45, 2.75) is 18.7 Å². The summed E-state index contributed by atoms with van der Waals surface area (Å²) in [6.45, 7) is 3.24. The average molecular weight is 340 g/mol. The predicted octanol–water partition coefficient (Wildman–Crippen LogP) is 3.98. The number of thioether (sulfide) groups is 1. The minimum absolute atomic E-state index is 0.0998. The van der Waals surface area contributed by atoms with Crippen LogP contribution in [-0.4, -0.2) is 17.8 Å². The molecule has 1 aromatic rings. The van der Waals surface area contributed by atoms with Crippen LogP contribution in [0.25, 0.3) is 0 Å². The lowest BCUT2D eigenvalue weighted by molar-refractivity contribution is -0.114. The SMILES string of the molecule is C#CCSc1cc(N2C(=O)OC(=C(C)C)C2=O)c(F)cc1Cl. The van der Waals surface area contributed by atoms with Gasteiger partial charge in [0.2, 0.25) is 0 Å². The summed E-state index contributed by atoms with van der Waals surface area (Å²) in [5.41, 5.74) is 0.312. The number of allylic oxidation sites excluding steroid dienone is 1. The van der Waals surface area contributed by atoms with Crippen LogP contribution in [-0.2, 0) is 9.53 Å². The molecule has 0 bridgehead atoms. The highest BCUT2D eigenvalue weighted by atomic mass is 35.5. The maximum absolute atomic E-state index is 14.1. The van der Waals surface area contributed by atoms with Gasteiger partial charge in [-0.05, 0) is 31.6 Å². The number of imide groups is 1. The second-order valence-electron chi connectivity index (χ2n) is 4.56. The van der Waals surface area contributed by atoms with Gasteiger partial charge in [-0.15, -0.1) is 18.2 Å². The Labute approximate surface area is 136 Å². The van der Waals surface area contributed by atoms with Crippen LogP contribution in [0.5, 0.6) is 0 Å². The van der Waals surface area contributed by atoms with Crippen molar-refractivity contribution >= 4 is 41.1 Å². The van der Waals surface area contributed by atoms with E-state index < -0.39 is 17.8 Å². The maximum Gasteiger partial charge on any atom is 0.427 e. The molecule has 4 nitrogen and oxygen atoms in total. The second-order valence-corrected chi connectivity index (χ2v) is 5.99. The number of benzene rings is 1. The van der Waals surface area contributed by atoms with Crippen molar-refractivity contribution in [1.82, 2.24) is 0 Å². The number of carbonyl (C=O) groups is 2. The van der Waals surface area contributed by atoms with Gasteiger partial charge in [-0.3, -0.25) is 4.79 Å². The molecule has 0 aliphatic carbocycles. The number of nitrogens with zero attached hydrogens (tertiary/aromatic N) is 1. The van der Waals surface area contributed by atoms with Crippen LogP contribution in [0.15, 0.2) is 28.4 Å². The fraction of sp³-hybridized carbons (Fsp3) is 0.200. The van der Waals surface area contributed by atoms with Gasteiger partial charge in [0.05, 0.1) is 16.5 Å². The van der Waals surface area contributed by atoms with E-state index in [1.807, 2.05) is 0 Å². The second kappa shape index (κ2) is 6.42. The lowest BCUT2D eigenvalue weighted by atomic mass is 10.2. The molecule has 1 saturated heterocycles. The summed E-state index contributed by atoms with van der Waals surface area (Å²) in [5, 5.41) is 0.156. The third kappa shape index (κ3) is 2.96. The topological polar surface area (TPSA) is 46.6 Å². The van der Waals surface area contributed by atoms with Crippen molar-refractivity contribution in [3.8, 4) is 12.3 Å². The normalized spacial score (nSPS) is 14.1. The Bertz CT molecular complexity index is 735. The van der Waals surface area contributed by atoms with Gasteiger partial charge in [0.25, 0.3) is 0 Å². The quantitative estimate of drug-likeness (QED) is 0.475. The molecule has 1 fully saturated rings. The summed E-state index contributed by atoms with van der Waals surface area (Å²) in [6, 6.07) is 2.35. The Morgan fingerprint density at radius 2 is 2.14 bits per heavy atom. The van der Waals surface area contributed by atoms with Gasteiger partial charge in [0.1, 0.15) is 5.82 Å². The van der Waals surface area contributed by atoms with Crippen LogP contribution in [0, 0.1) is 18.2 Å². The number of rotatable bonds is 3. The van der Waals surface area contributed by atoms with Crippen LogP contribution < -0.4 is 4.90 Å². The highest BCUT2D eigenvalue weighted by Crippen LogP contribution is 2.36. The number of terminal acetylenes is 1. The molecule has 1 aliphatic heterocycles. The number of hydrogen-bond donors (Lipinski definition) is 0. The lowest BCUT2D eigenvalue weighted by Crippen LogP contribution is -2.29. The van der Waals surface area contributed by atoms with Crippen molar-refractivity contribution in [2.75, 3.05) is 10.7 Å². The first kappa shape index (κ1) is 16.4. The van der Waals surface area contributed by atoms with Crippen LogP contribution in [0.1, 0.15) is 13.8 Å². The molecule has 0 spiro atoms. The number of carbonyl (C=O) groups excluding carboxylic acids is 2. The molecule has 1 heterocycles. The molecule has 7 heteroatoms. The highest BCUT2D eigenvalue weighted by molar-refractivity contribution is 7.99. The molecule has 0 atom stereocenters. The van der Waals surface area contributed by atoms with E-state index >= 15 is 0 Å². The monoisotopic (exact) mass is 339 g/mol. The van der Waals surface area contributed by atoms with Gasteiger partial charge in [-0.25, -0.2) is 14.1 Å². The predicted molar refractivity (Wildman–Crippen MR) is 83.3 cm³/mol. The minimum atomic E-state index is -0.949.